The first-order valence-electron chi connectivity index (χ1n) is 4.14. The van der Waals surface area contributed by atoms with Crippen LogP contribution in [0.3, 0.4) is 0 Å². The van der Waals surface area contributed by atoms with Crippen molar-refractivity contribution >= 4 is 5.91 Å². The van der Waals surface area contributed by atoms with Gasteiger partial charge in [0.1, 0.15) is 0 Å². The minimum atomic E-state index is -0.147. The number of carbonyl (C=O) groups excluding carboxylic acids is 1. The van der Waals surface area contributed by atoms with Crippen molar-refractivity contribution in [2.45, 2.75) is 26.3 Å². The molecule has 1 rings (SSSR count). The van der Waals surface area contributed by atoms with Crippen LogP contribution in [0.1, 0.15) is 20.3 Å². The number of hydrogen-bond acceptors (Lipinski definition) is 2. The van der Waals surface area contributed by atoms with E-state index in [0.29, 0.717) is 12.0 Å². The Bertz CT molecular complexity index is 158. The van der Waals surface area contributed by atoms with Crippen molar-refractivity contribution in [3.05, 3.63) is 0 Å². The Hall–Kier alpha value is -0.570. The van der Waals surface area contributed by atoms with Crippen LogP contribution >= 0.6 is 0 Å². The molecule has 1 heterocycles. The molecule has 0 bridgehead atoms. The molecule has 3 nitrogen and oxygen atoms in total. The van der Waals surface area contributed by atoms with Crippen LogP contribution in [-0.2, 0) is 4.79 Å². The van der Waals surface area contributed by atoms with E-state index in [1.54, 1.807) is 0 Å². The second-order valence-corrected chi connectivity index (χ2v) is 3.53. The van der Waals surface area contributed by atoms with Crippen LogP contribution in [-0.4, -0.2) is 18.5 Å². The molecule has 1 amide bonds. The van der Waals surface area contributed by atoms with Crippen molar-refractivity contribution in [3.63, 3.8) is 0 Å². The number of amides is 1. The molecular formula is C8H16N2O. The third kappa shape index (κ3) is 1.93. The predicted octanol–water partition coefficient (Wildman–Crippen LogP) is 0.106. The Balaban J connectivity index is 2.54. The lowest BCUT2D eigenvalue weighted by atomic mass is 9.84. The Morgan fingerprint density at radius 2 is 2.18 bits per heavy atom. The van der Waals surface area contributed by atoms with Crippen LogP contribution in [0.2, 0.25) is 0 Å². The summed E-state index contributed by atoms with van der Waals surface area (Å²) in [5, 5.41) is 3.31. The van der Waals surface area contributed by atoms with E-state index in [1.807, 2.05) is 0 Å². The maximum absolute atomic E-state index is 10.9. The molecule has 1 fully saturated rings. The monoisotopic (exact) mass is 156 g/mol. The number of piperidine rings is 1. The predicted molar refractivity (Wildman–Crippen MR) is 43.9 cm³/mol. The molecule has 3 atom stereocenters. The smallest absolute Gasteiger partial charge is 0.220 e. The van der Waals surface area contributed by atoms with E-state index in [0.717, 1.165) is 13.0 Å². The summed E-state index contributed by atoms with van der Waals surface area (Å²) in [5.41, 5.74) is 5.25. The number of nitrogens with two attached hydrogens (primary N) is 1. The van der Waals surface area contributed by atoms with Gasteiger partial charge < -0.3 is 11.1 Å². The van der Waals surface area contributed by atoms with E-state index < -0.39 is 0 Å². The molecule has 0 aromatic carbocycles. The first kappa shape index (κ1) is 8.53. The molecule has 3 heteroatoms. The van der Waals surface area contributed by atoms with Gasteiger partial charge in [0.05, 0.1) is 0 Å². The number of nitrogens with one attached hydrogen (secondary N) is 1. The van der Waals surface area contributed by atoms with E-state index in [4.69, 9.17) is 5.73 Å². The number of hydrogen-bond donors (Lipinski definition) is 2. The van der Waals surface area contributed by atoms with Gasteiger partial charge in [0.15, 0.2) is 0 Å². The van der Waals surface area contributed by atoms with Crippen LogP contribution in [0.25, 0.3) is 0 Å². The van der Waals surface area contributed by atoms with E-state index in [-0.39, 0.29) is 11.8 Å². The zero-order valence-corrected chi connectivity index (χ0v) is 7.13. The standard InChI is InChI=1S/C8H16N2O/c1-5-4-10-6(2)3-7(5)8(9)11/h5-7,10H,3-4H2,1-2H3,(H2,9,11). The lowest BCUT2D eigenvalue weighted by Crippen LogP contribution is -2.45. The summed E-state index contributed by atoms with van der Waals surface area (Å²) in [5.74, 6) is 0.320. The summed E-state index contributed by atoms with van der Waals surface area (Å²) in [7, 11) is 0. The summed E-state index contributed by atoms with van der Waals surface area (Å²) in [6.45, 7) is 5.06. The van der Waals surface area contributed by atoms with Gasteiger partial charge >= 0.3 is 0 Å². The Labute approximate surface area is 67.3 Å². The quantitative estimate of drug-likeness (QED) is 0.566. The summed E-state index contributed by atoms with van der Waals surface area (Å²) in [6.07, 6.45) is 0.885. The molecule has 11 heavy (non-hydrogen) atoms. The average Bonchev–Trinajstić information content (AvgIpc) is 1.94. The van der Waals surface area contributed by atoms with E-state index >= 15 is 0 Å². The number of primary amides is 1. The second-order valence-electron chi connectivity index (χ2n) is 3.53. The highest BCUT2D eigenvalue weighted by Crippen LogP contribution is 2.20. The van der Waals surface area contributed by atoms with Crippen molar-refractivity contribution in [3.8, 4) is 0 Å². The summed E-state index contributed by atoms with van der Waals surface area (Å²) < 4.78 is 0. The van der Waals surface area contributed by atoms with Crippen LogP contribution in [0.15, 0.2) is 0 Å². The molecule has 3 N–H and O–H groups in total. The molecule has 0 aromatic rings. The molecule has 1 aliphatic heterocycles. The van der Waals surface area contributed by atoms with Gasteiger partial charge in [-0.2, -0.15) is 0 Å². The zero-order valence-electron chi connectivity index (χ0n) is 7.13. The van der Waals surface area contributed by atoms with Gasteiger partial charge in [-0.05, 0) is 25.8 Å². The van der Waals surface area contributed by atoms with Crippen LogP contribution in [0.5, 0.6) is 0 Å². The highest BCUT2D eigenvalue weighted by atomic mass is 16.1. The van der Waals surface area contributed by atoms with Crippen LogP contribution in [0, 0.1) is 11.8 Å². The Morgan fingerprint density at radius 1 is 1.55 bits per heavy atom. The van der Waals surface area contributed by atoms with Crippen molar-refractivity contribution < 1.29 is 4.79 Å². The highest BCUT2D eigenvalue weighted by molar-refractivity contribution is 5.77. The SMILES string of the molecule is CC1CC(C(N)=O)C(C)CN1. The molecule has 0 spiro atoms. The molecule has 1 aliphatic rings. The minimum Gasteiger partial charge on any atom is -0.369 e. The van der Waals surface area contributed by atoms with Gasteiger partial charge in [0.2, 0.25) is 5.91 Å². The Morgan fingerprint density at radius 3 is 2.64 bits per heavy atom. The summed E-state index contributed by atoms with van der Waals surface area (Å²) in [6, 6.07) is 0.434. The zero-order chi connectivity index (χ0) is 8.43. The van der Waals surface area contributed by atoms with Crippen LogP contribution < -0.4 is 11.1 Å². The lowest BCUT2D eigenvalue weighted by molar-refractivity contribution is -0.124. The van der Waals surface area contributed by atoms with Crippen molar-refractivity contribution in [1.29, 1.82) is 0 Å². The van der Waals surface area contributed by atoms with Gasteiger partial charge in [0, 0.05) is 12.0 Å². The first-order valence-corrected chi connectivity index (χ1v) is 4.14. The highest BCUT2D eigenvalue weighted by Gasteiger charge is 2.28. The fraction of sp³-hybridized carbons (Fsp3) is 0.875. The summed E-state index contributed by atoms with van der Waals surface area (Å²) >= 11 is 0. The third-order valence-electron chi connectivity index (χ3n) is 2.45. The van der Waals surface area contributed by atoms with Gasteiger partial charge in [-0.3, -0.25) is 4.79 Å². The van der Waals surface area contributed by atoms with Gasteiger partial charge in [-0.25, -0.2) is 0 Å². The molecule has 0 saturated carbocycles. The van der Waals surface area contributed by atoms with Gasteiger partial charge in [-0.1, -0.05) is 6.92 Å². The average molecular weight is 156 g/mol. The van der Waals surface area contributed by atoms with Gasteiger partial charge in [0.25, 0.3) is 0 Å². The van der Waals surface area contributed by atoms with Crippen molar-refractivity contribution in [1.82, 2.24) is 5.32 Å². The minimum absolute atomic E-state index is 0.0752. The summed E-state index contributed by atoms with van der Waals surface area (Å²) in [4.78, 5) is 10.9. The van der Waals surface area contributed by atoms with E-state index in [9.17, 15) is 4.79 Å². The molecule has 3 unspecified atom stereocenters. The van der Waals surface area contributed by atoms with E-state index in [1.165, 1.54) is 0 Å². The van der Waals surface area contributed by atoms with Crippen molar-refractivity contribution in [2.24, 2.45) is 17.6 Å². The molecule has 1 saturated heterocycles. The maximum Gasteiger partial charge on any atom is 0.220 e. The van der Waals surface area contributed by atoms with E-state index in [2.05, 4.69) is 19.2 Å². The Kier molecular flexibility index (Phi) is 2.49. The van der Waals surface area contributed by atoms with Crippen LogP contribution in [0.4, 0.5) is 0 Å². The second kappa shape index (κ2) is 3.22. The third-order valence-corrected chi connectivity index (χ3v) is 2.45. The molecule has 64 valence electrons. The normalized spacial score (nSPS) is 38.5. The van der Waals surface area contributed by atoms with Crippen molar-refractivity contribution in [2.75, 3.05) is 6.54 Å². The molecule has 0 radical (unpaired) electrons. The number of rotatable bonds is 1. The topological polar surface area (TPSA) is 55.1 Å². The number of carbonyl (C=O) groups is 1. The lowest BCUT2D eigenvalue weighted by Gasteiger charge is -2.31. The molecule has 0 aliphatic carbocycles. The molecular weight excluding hydrogens is 140 g/mol. The first-order chi connectivity index (χ1) is 5.11. The maximum atomic E-state index is 10.9. The molecule has 0 aromatic heterocycles. The largest absolute Gasteiger partial charge is 0.369 e. The fourth-order valence-electron chi connectivity index (χ4n) is 1.62. The fourth-order valence-corrected chi connectivity index (χ4v) is 1.62. The van der Waals surface area contributed by atoms with Gasteiger partial charge in [-0.15, -0.1) is 0 Å².